The van der Waals surface area contributed by atoms with Crippen molar-refractivity contribution in [2.45, 2.75) is 6.92 Å². The fraction of sp³-hybridized carbons (Fsp3) is 0.375. The lowest BCUT2D eigenvalue weighted by Gasteiger charge is -2.01. The van der Waals surface area contributed by atoms with Crippen LogP contribution < -0.4 is 5.32 Å². The van der Waals surface area contributed by atoms with Gasteiger partial charge in [0.25, 0.3) is 0 Å². The molecule has 4 nitrogen and oxygen atoms in total. The van der Waals surface area contributed by atoms with Crippen LogP contribution in [0.5, 0.6) is 0 Å². The van der Waals surface area contributed by atoms with Crippen molar-refractivity contribution < 1.29 is 0 Å². The van der Waals surface area contributed by atoms with Gasteiger partial charge in [0.2, 0.25) is 0 Å². The van der Waals surface area contributed by atoms with Gasteiger partial charge in [0, 0.05) is 13.0 Å². The first-order valence-electron chi connectivity index (χ1n) is 4.06. The molecule has 0 aromatic carbocycles. The van der Waals surface area contributed by atoms with Gasteiger partial charge in [-0.3, -0.25) is 0 Å². The highest BCUT2D eigenvalue weighted by Crippen LogP contribution is 2.34. The first-order valence-corrected chi connectivity index (χ1v) is 5.91. The number of anilines is 1. The molecule has 0 aliphatic carbocycles. The van der Waals surface area contributed by atoms with E-state index < -0.39 is 0 Å². The van der Waals surface area contributed by atoms with Crippen LogP contribution >= 0.6 is 7.53 Å². The van der Waals surface area contributed by atoms with Crippen LogP contribution in [-0.2, 0) is 6.66 Å². The molecule has 2 aromatic rings. The molecule has 0 bridgehead atoms. The molecular formula is C8H11N4P. The van der Waals surface area contributed by atoms with Gasteiger partial charge in [0.05, 0.1) is 0 Å². The molecule has 0 saturated carbocycles. The Morgan fingerprint density at radius 1 is 1.38 bits per heavy atom. The summed E-state index contributed by atoms with van der Waals surface area (Å²) in [5.41, 5.74) is 0.918. The van der Waals surface area contributed by atoms with Crippen molar-refractivity contribution in [3.63, 3.8) is 0 Å². The lowest BCUT2D eigenvalue weighted by Crippen LogP contribution is -1.97. The van der Waals surface area contributed by atoms with Crippen molar-refractivity contribution in [3.8, 4) is 0 Å². The highest BCUT2D eigenvalue weighted by Gasteiger charge is 2.08. The maximum Gasteiger partial charge on any atom is 0.156 e. The molecule has 2 aromatic heterocycles. The minimum absolute atomic E-state index is 0.302. The maximum atomic E-state index is 4.40. The number of nitrogens with one attached hydrogen (secondary N) is 1. The SMILES string of the molecule is CNc1nc(C)nc2c1ncp2C. The van der Waals surface area contributed by atoms with Gasteiger partial charge in [-0.2, -0.15) is 0 Å². The molecule has 0 fully saturated rings. The van der Waals surface area contributed by atoms with Gasteiger partial charge in [-0.05, 0) is 13.6 Å². The summed E-state index contributed by atoms with van der Waals surface area (Å²) in [5, 5.41) is 4.12. The lowest BCUT2D eigenvalue weighted by molar-refractivity contribution is 1.09. The third kappa shape index (κ3) is 1.27. The van der Waals surface area contributed by atoms with Gasteiger partial charge in [0.15, 0.2) is 5.82 Å². The Balaban J connectivity index is 2.84. The molecule has 0 radical (unpaired) electrons. The fourth-order valence-corrected chi connectivity index (χ4v) is 2.49. The van der Waals surface area contributed by atoms with Gasteiger partial charge in [-0.25, -0.2) is 15.0 Å². The maximum absolute atomic E-state index is 4.40. The number of aryl methyl sites for hydroxylation is 2. The standard InChI is InChI=1S/C8H11N4P/c1-5-11-7(9-2)6-8(12-5)13(3)4-10-6/h4H,1-3H3,(H,9,11,12). The predicted octanol–water partition coefficient (Wildman–Crippen LogP) is 1.90. The number of aromatic nitrogens is 3. The minimum Gasteiger partial charge on any atom is -0.371 e. The normalized spacial score (nSPS) is 12.1. The minimum atomic E-state index is -0.302. The summed E-state index contributed by atoms with van der Waals surface area (Å²) in [6.07, 6.45) is 0. The fourth-order valence-electron chi connectivity index (χ4n) is 1.29. The molecule has 68 valence electrons. The Morgan fingerprint density at radius 2 is 2.15 bits per heavy atom. The van der Waals surface area contributed by atoms with Crippen LogP contribution in [0.2, 0.25) is 0 Å². The Bertz CT molecular complexity index is 449. The Hall–Kier alpha value is -1.15. The summed E-state index contributed by atoms with van der Waals surface area (Å²) >= 11 is 0. The highest BCUT2D eigenvalue weighted by atomic mass is 31.1. The number of hydrogen-bond donors (Lipinski definition) is 1. The molecule has 1 N–H and O–H groups in total. The van der Waals surface area contributed by atoms with Crippen LogP contribution in [0.1, 0.15) is 5.82 Å². The summed E-state index contributed by atoms with van der Waals surface area (Å²) in [4.78, 5) is 13.0. The lowest BCUT2D eigenvalue weighted by atomic mass is 10.5. The largest absolute Gasteiger partial charge is 0.371 e. The summed E-state index contributed by atoms with van der Waals surface area (Å²) in [6.45, 7) is 4.05. The molecule has 0 spiro atoms. The second kappa shape index (κ2) is 2.96. The average Bonchev–Trinajstić information content (AvgIpc) is 2.47. The summed E-state index contributed by atoms with van der Waals surface area (Å²) in [6, 6.07) is 0. The quantitative estimate of drug-likeness (QED) is 0.753. The van der Waals surface area contributed by atoms with Crippen molar-refractivity contribution in [1.29, 1.82) is 0 Å². The predicted molar refractivity (Wildman–Crippen MR) is 55.3 cm³/mol. The van der Waals surface area contributed by atoms with E-state index in [2.05, 4.69) is 26.9 Å². The van der Waals surface area contributed by atoms with Crippen molar-refractivity contribution in [2.75, 3.05) is 12.4 Å². The topological polar surface area (TPSA) is 50.7 Å². The van der Waals surface area contributed by atoms with Gasteiger partial charge < -0.3 is 5.32 Å². The highest BCUT2D eigenvalue weighted by molar-refractivity contribution is 7.52. The van der Waals surface area contributed by atoms with E-state index in [9.17, 15) is 0 Å². The molecule has 0 aliphatic rings. The van der Waals surface area contributed by atoms with Crippen LogP contribution in [-0.4, -0.2) is 22.0 Å². The number of nitrogens with zero attached hydrogens (tertiary/aromatic N) is 3. The zero-order valence-corrected chi connectivity index (χ0v) is 8.76. The van der Waals surface area contributed by atoms with E-state index in [4.69, 9.17) is 0 Å². The molecule has 2 heterocycles. The molecule has 0 amide bonds. The van der Waals surface area contributed by atoms with Gasteiger partial charge in [0.1, 0.15) is 16.6 Å². The van der Waals surface area contributed by atoms with Crippen molar-refractivity contribution in [3.05, 3.63) is 11.8 Å². The molecule has 13 heavy (non-hydrogen) atoms. The van der Waals surface area contributed by atoms with E-state index in [0.717, 1.165) is 22.4 Å². The van der Waals surface area contributed by atoms with E-state index in [0.29, 0.717) is 0 Å². The van der Waals surface area contributed by atoms with Crippen LogP contribution in [0.3, 0.4) is 0 Å². The third-order valence-electron chi connectivity index (χ3n) is 1.91. The summed E-state index contributed by atoms with van der Waals surface area (Å²) in [7, 11) is 1.55. The second-order valence-corrected chi connectivity index (χ2v) is 4.77. The Labute approximate surface area is 77.5 Å². The van der Waals surface area contributed by atoms with Gasteiger partial charge in [-0.1, -0.05) is 7.53 Å². The number of fused-ring (bicyclic) bond motifs is 1. The van der Waals surface area contributed by atoms with E-state index in [1.807, 2.05) is 19.9 Å². The molecular weight excluding hydrogens is 183 g/mol. The summed E-state index contributed by atoms with van der Waals surface area (Å²) in [5.74, 6) is 3.61. The van der Waals surface area contributed by atoms with Gasteiger partial charge >= 0.3 is 0 Å². The molecule has 1 unspecified atom stereocenters. The zero-order valence-electron chi connectivity index (χ0n) is 7.87. The molecule has 0 saturated heterocycles. The van der Waals surface area contributed by atoms with E-state index in [1.165, 1.54) is 0 Å². The smallest absolute Gasteiger partial charge is 0.156 e. The van der Waals surface area contributed by atoms with Gasteiger partial charge in [-0.15, -0.1) is 0 Å². The van der Waals surface area contributed by atoms with Crippen LogP contribution in [0.25, 0.3) is 10.8 Å². The monoisotopic (exact) mass is 194 g/mol. The van der Waals surface area contributed by atoms with Crippen molar-refractivity contribution in [2.24, 2.45) is 6.66 Å². The molecule has 5 heteroatoms. The van der Waals surface area contributed by atoms with Crippen LogP contribution in [0.15, 0.2) is 5.93 Å². The van der Waals surface area contributed by atoms with E-state index >= 15 is 0 Å². The van der Waals surface area contributed by atoms with Crippen LogP contribution in [0.4, 0.5) is 5.82 Å². The number of hydrogen-bond acceptors (Lipinski definition) is 4. The first kappa shape index (κ1) is 8.45. The second-order valence-electron chi connectivity index (χ2n) is 2.90. The third-order valence-corrected chi connectivity index (χ3v) is 3.35. The van der Waals surface area contributed by atoms with Crippen molar-refractivity contribution in [1.82, 2.24) is 15.0 Å². The number of rotatable bonds is 1. The molecule has 1 atom stereocenters. The molecule has 2 rings (SSSR count). The van der Waals surface area contributed by atoms with E-state index in [-0.39, 0.29) is 7.53 Å². The van der Waals surface area contributed by atoms with E-state index in [1.54, 1.807) is 0 Å². The summed E-state index contributed by atoms with van der Waals surface area (Å²) < 4.78 is 0. The first-order chi connectivity index (χ1) is 6.22. The Kier molecular flexibility index (Phi) is 1.93. The van der Waals surface area contributed by atoms with Crippen molar-refractivity contribution >= 4 is 24.1 Å². The Morgan fingerprint density at radius 3 is 2.85 bits per heavy atom. The average molecular weight is 194 g/mol. The van der Waals surface area contributed by atoms with Crippen LogP contribution in [0, 0.1) is 6.92 Å². The molecule has 0 aliphatic heterocycles. The zero-order chi connectivity index (χ0) is 9.42.